The number of para-hydroxylation sites is 2. The topological polar surface area (TPSA) is 91.0 Å². The Morgan fingerprint density at radius 2 is 1.91 bits per heavy atom. The van der Waals surface area contributed by atoms with Crippen LogP contribution in [0, 0.1) is 0 Å². The molecule has 8 nitrogen and oxygen atoms in total. The summed E-state index contributed by atoms with van der Waals surface area (Å²) in [5.74, 6) is -0.167. The molecule has 174 valence electrons. The molecule has 2 aliphatic rings. The normalized spacial score (nSPS) is 16.5. The van der Waals surface area contributed by atoms with Crippen molar-refractivity contribution in [1.29, 1.82) is 0 Å². The number of anilines is 3. The van der Waals surface area contributed by atoms with Crippen LogP contribution in [-0.2, 0) is 14.4 Å². The van der Waals surface area contributed by atoms with Crippen molar-refractivity contribution < 1.29 is 19.1 Å². The molecule has 9 heteroatoms. The van der Waals surface area contributed by atoms with Crippen molar-refractivity contribution in [3.05, 3.63) is 47.5 Å². The van der Waals surface area contributed by atoms with Gasteiger partial charge in [-0.2, -0.15) is 0 Å². The SMILES string of the molecule is COc1ccc(Cl)cc1NC(=O)CN(C)CC(=O)N1c2ccccc2NC(=O)C12CCCC2. The van der Waals surface area contributed by atoms with Crippen LogP contribution in [0.2, 0.25) is 5.02 Å². The minimum atomic E-state index is -0.872. The van der Waals surface area contributed by atoms with E-state index in [0.717, 1.165) is 12.8 Å². The molecule has 0 radical (unpaired) electrons. The molecule has 1 saturated carbocycles. The lowest BCUT2D eigenvalue weighted by Gasteiger charge is -2.44. The molecule has 2 aromatic rings. The van der Waals surface area contributed by atoms with Gasteiger partial charge in [-0.1, -0.05) is 36.6 Å². The van der Waals surface area contributed by atoms with Crippen molar-refractivity contribution in [3.8, 4) is 5.75 Å². The Labute approximate surface area is 197 Å². The van der Waals surface area contributed by atoms with E-state index in [1.807, 2.05) is 18.2 Å². The molecule has 0 atom stereocenters. The van der Waals surface area contributed by atoms with Crippen LogP contribution >= 0.6 is 11.6 Å². The zero-order chi connectivity index (χ0) is 23.6. The third-order valence-corrected chi connectivity index (χ3v) is 6.41. The fraction of sp³-hybridized carbons (Fsp3) is 0.375. The van der Waals surface area contributed by atoms with Crippen LogP contribution in [0.5, 0.6) is 5.75 Å². The summed E-state index contributed by atoms with van der Waals surface area (Å²) in [6, 6.07) is 12.3. The molecular formula is C24H27ClN4O4. The standard InChI is InChI=1S/C24H27ClN4O4/c1-28(14-21(30)26-18-13-16(25)9-10-20(18)33-2)15-22(31)29-19-8-4-3-7-17(19)27-23(32)24(29)11-5-6-12-24/h3-4,7-10,13H,5-6,11-12,14-15H2,1-2H3,(H,26,30)(H,27,32). The van der Waals surface area contributed by atoms with Crippen molar-refractivity contribution in [3.63, 3.8) is 0 Å². The van der Waals surface area contributed by atoms with Crippen LogP contribution in [0.1, 0.15) is 25.7 Å². The Hall–Kier alpha value is -3.10. The summed E-state index contributed by atoms with van der Waals surface area (Å²) >= 11 is 6.03. The highest BCUT2D eigenvalue weighted by atomic mass is 35.5. The number of hydrogen-bond acceptors (Lipinski definition) is 5. The van der Waals surface area contributed by atoms with Gasteiger partial charge in [0.25, 0.3) is 5.91 Å². The first-order valence-electron chi connectivity index (χ1n) is 10.9. The van der Waals surface area contributed by atoms with Crippen LogP contribution in [-0.4, -0.2) is 55.4 Å². The molecule has 0 aromatic heterocycles. The quantitative estimate of drug-likeness (QED) is 0.674. The fourth-order valence-electron chi connectivity index (χ4n) is 4.70. The third-order valence-electron chi connectivity index (χ3n) is 6.18. The number of carbonyl (C=O) groups is 3. The lowest BCUT2D eigenvalue weighted by Crippen LogP contribution is -2.62. The second-order valence-electron chi connectivity index (χ2n) is 8.50. The van der Waals surface area contributed by atoms with Crippen molar-refractivity contribution in [2.45, 2.75) is 31.2 Å². The molecule has 0 bridgehead atoms. The summed E-state index contributed by atoms with van der Waals surface area (Å²) in [5.41, 5.74) is 0.913. The van der Waals surface area contributed by atoms with Gasteiger partial charge >= 0.3 is 0 Å². The second-order valence-corrected chi connectivity index (χ2v) is 8.94. The van der Waals surface area contributed by atoms with Crippen LogP contribution in [0.15, 0.2) is 42.5 Å². The second kappa shape index (κ2) is 9.41. The number of fused-ring (bicyclic) bond motifs is 1. The highest BCUT2D eigenvalue weighted by Gasteiger charge is 2.52. The van der Waals surface area contributed by atoms with Gasteiger partial charge in [0.05, 0.1) is 37.3 Å². The molecule has 0 saturated heterocycles. The number of nitrogens with zero attached hydrogens (tertiary/aromatic N) is 2. The van der Waals surface area contributed by atoms with Gasteiger partial charge in [-0.3, -0.25) is 24.2 Å². The number of hydrogen-bond donors (Lipinski definition) is 2. The maximum Gasteiger partial charge on any atom is 0.250 e. The monoisotopic (exact) mass is 470 g/mol. The van der Waals surface area contributed by atoms with Gasteiger partial charge in [0, 0.05) is 5.02 Å². The zero-order valence-electron chi connectivity index (χ0n) is 18.7. The van der Waals surface area contributed by atoms with Crippen molar-refractivity contribution in [1.82, 2.24) is 4.90 Å². The molecular weight excluding hydrogens is 444 g/mol. The number of nitrogens with one attached hydrogen (secondary N) is 2. The summed E-state index contributed by atoms with van der Waals surface area (Å²) < 4.78 is 5.26. The first kappa shape index (κ1) is 23.1. The average molecular weight is 471 g/mol. The van der Waals surface area contributed by atoms with Gasteiger partial charge in [-0.05, 0) is 50.2 Å². The van der Waals surface area contributed by atoms with Crippen LogP contribution in [0.4, 0.5) is 17.1 Å². The number of methoxy groups -OCH3 is 1. The Morgan fingerprint density at radius 1 is 1.18 bits per heavy atom. The summed E-state index contributed by atoms with van der Waals surface area (Å²) in [4.78, 5) is 42.4. The molecule has 1 aliphatic carbocycles. The van der Waals surface area contributed by atoms with E-state index >= 15 is 0 Å². The zero-order valence-corrected chi connectivity index (χ0v) is 19.4. The third kappa shape index (κ3) is 4.54. The highest BCUT2D eigenvalue weighted by Crippen LogP contribution is 2.45. The van der Waals surface area contributed by atoms with Crippen molar-refractivity contribution in [2.75, 3.05) is 42.8 Å². The molecule has 2 aromatic carbocycles. The average Bonchev–Trinajstić information content (AvgIpc) is 3.25. The van der Waals surface area contributed by atoms with Crippen LogP contribution in [0.25, 0.3) is 0 Å². The summed E-state index contributed by atoms with van der Waals surface area (Å²) in [5, 5.41) is 6.22. The highest BCUT2D eigenvalue weighted by molar-refractivity contribution is 6.31. The number of carbonyl (C=O) groups excluding carboxylic acids is 3. The van der Waals surface area contributed by atoms with Crippen LogP contribution in [0.3, 0.4) is 0 Å². The lowest BCUT2D eigenvalue weighted by atomic mass is 9.89. The molecule has 1 fully saturated rings. The number of ether oxygens (including phenoxy) is 1. The van der Waals surface area contributed by atoms with Crippen LogP contribution < -0.4 is 20.3 Å². The van der Waals surface area contributed by atoms with Gasteiger partial charge in [-0.15, -0.1) is 0 Å². The number of likely N-dealkylation sites (N-methyl/N-ethyl adjacent to an activating group) is 1. The summed E-state index contributed by atoms with van der Waals surface area (Å²) in [6.07, 6.45) is 3.02. The van der Waals surface area contributed by atoms with E-state index in [1.54, 1.807) is 41.1 Å². The molecule has 2 N–H and O–H groups in total. The number of rotatable bonds is 6. The van der Waals surface area contributed by atoms with E-state index in [0.29, 0.717) is 40.7 Å². The van der Waals surface area contributed by atoms with E-state index in [-0.39, 0.29) is 30.8 Å². The predicted octanol–water partition coefficient (Wildman–Crippen LogP) is 3.52. The van der Waals surface area contributed by atoms with Gasteiger partial charge in [-0.25, -0.2) is 0 Å². The van der Waals surface area contributed by atoms with Gasteiger partial charge in [0.2, 0.25) is 11.8 Å². The first-order valence-corrected chi connectivity index (χ1v) is 11.3. The summed E-state index contributed by atoms with van der Waals surface area (Å²) in [6.45, 7) is -0.0282. The Bertz CT molecular complexity index is 1080. The maximum absolute atomic E-state index is 13.5. The van der Waals surface area contributed by atoms with Gasteiger partial charge in [0.15, 0.2) is 0 Å². The van der Waals surface area contributed by atoms with Crippen molar-refractivity contribution >= 4 is 46.4 Å². The summed E-state index contributed by atoms with van der Waals surface area (Å²) in [7, 11) is 3.21. The van der Waals surface area contributed by atoms with E-state index < -0.39 is 5.54 Å². The van der Waals surface area contributed by atoms with E-state index in [1.165, 1.54) is 7.11 Å². The van der Waals surface area contributed by atoms with Gasteiger partial charge < -0.3 is 15.4 Å². The van der Waals surface area contributed by atoms with E-state index in [9.17, 15) is 14.4 Å². The Balaban J connectivity index is 1.48. The molecule has 3 amide bonds. The predicted molar refractivity (Wildman–Crippen MR) is 128 cm³/mol. The number of halogens is 1. The first-order chi connectivity index (χ1) is 15.8. The lowest BCUT2D eigenvalue weighted by molar-refractivity contribution is -0.128. The molecule has 0 unspecified atom stereocenters. The molecule has 1 spiro atoms. The minimum absolute atomic E-state index is 0.0105. The molecule has 1 heterocycles. The largest absolute Gasteiger partial charge is 0.495 e. The van der Waals surface area contributed by atoms with E-state index in [4.69, 9.17) is 16.3 Å². The smallest absolute Gasteiger partial charge is 0.250 e. The maximum atomic E-state index is 13.5. The van der Waals surface area contributed by atoms with Gasteiger partial charge in [0.1, 0.15) is 11.3 Å². The Kier molecular flexibility index (Phi) is 6.58. The molecule has 33 heavy (non-hydrogen) atoms. The minimum Gasteiger partial charge on any atom is -0.495 e. The molecule has 4 rings (SSSR count). The fourth-order valence-corrected chi connectivity index (χ4v) is 4.87. The molecule has 1 aliphatic heterocycles. The van der Waals surface area contributed by atoms with Crippen molar-refractivity contribution in [2.24, 2.45) is 0 Å². The van der Waals surface area contributed by atoms with E-state index in [2.05, 4.69) is 10.6 Å². The number of benzene rings is 2. The Morgan fingerprint density at radius 3 is 2.64 bits per heavy atom. The number of amides is 3.